The van der Waals surface area contributed by atoms with Crippen LogP contribution in [0.1, 0.15) is 25.7 Å². The molecule has 16 heavy (non-hydrogen) atoms. The summed E-state index contributed by atoms with van der Waals surface area (Å²) in [5, 5.41) is 6.09. The maximum atomic E-state index is 11.6. The zero-order valence-electron chi connectivity index (χ0n) is 9.84. The van der Waals surface area contributed by atoms with Gasteiger partial charge in [0.15, 0.2) is 0 Å². The molecule has 0 radical (unpaired) electrons. The lowest BCUT2D eigenvalue weighted by molar-refractivity contribution is -0.123. The lowest BCUT2D eigenvalue weighted by Crippen LogP contribution is -2.47. The first-order valence-corrected chi connectivity index (χ1v) is 6.04. The summed E-state index contributed by atoms with van der Waals surface area (Å²) in [6.45, 7) is 6.41. The third-order valence-electron chi connectivity index (χ3n) is 2.64. The van der Waals surface area contributed by atoms with Gasteiger partial charge in [0.05, 0.1) is 19.3 Å². The summed E-state index contributed by atoms with van der Waals surface area (Å²) < 4.78 is 5.31. The number of piperidine rings is 1. The van der Waals surface area contributed by atoms with E-state index >= 15 is 0 Å². The number of rotatable bonds is 7. The number of nitrogens with one attached hydrogen (secondary N) is 2. The van der Waals surface area contributed by atoms with Crippen LogP contribution in [-0.2, 0) is 9.53 Å². The first-order valence-electron chi connectivity index (χ1n) is 6.04. The van der Waals surface area contributed by atoms with E-state index in [1.807, 2.05) is 6.08 Å². The molecule has 1 rings (SSSR count). The molecular formula is C12H22N2O2. The molecule has 1 aliphatic heterocycles. The number of hydrogen-bond acceptors (Lipinski definition) is 3. The van der Waals surface area contributed by atoms with E-state index in [1.54, 1.807) is 0 Å². The molecule has 92 valence electrons. The highest BCUT2D eigenvalue weighted by Crippen LogP contribution is 2.06. The minimum absolute atomic E-state index is 0.00178. The van der Waals surface area contributed by atoms with Crippen molar-refractivity contribution in [3.63, 3.8) is 0 Å². The normalized spacial score (nSPS) is 20.4. The van der Waals surface area contributed by atoms with Crippen molar-refractivity contribution >= 4 is 5.91 Å². The summed E-state index contributed by atoms with van der Waals surface area (Å²) in [5.41, 5.74) is 0. The number of ether oxygens (including phenoxy) is 1. The standard InChI is InChI=1S/C12H22N2O2/c1-2-3-9-16-10-8-14-12(15)11-6-4-5-7-13-11/h2,11,13H,1,3-10H2,(H,14,15)/t11-/m1/s1. The second kappa shape index (κ2) is 8.30. The fourth-order valence-corrected chi connectivity index (χ4v) is 1.71. The van der Waals surface area contributed by atoms with Crippen molar-refractivity contribution in [2.24, 2.45) is 0 Å². The van der Waals surface area contributed by atoms with Gasteiger partial charge < -0.3 is 15.4 Å². The van der Waals surface area contributed by atoms with Crippen molar-refractivity contribution in [2.75, 3.05) is 26.3 Å². The highest BCUT2D eigenvalue weighted by atomic mass is 16.5. The Morgan fingerprint density at radius 3 is 3.06 bits per heavy atom. The lowest BCUT2D eigenvalue weighted by Gasteiger charge is -2.22. The molecular weight excluding hydrogens is 204 g/mol. The number of carbonyl (C=O) groups is 1. The van der Waals surface area contributed by atoms with Crippen LogP contribution in [0.3, 0.4) is 0 Å². The van der Waals surface area contributed by atoms with Crippen molar-refractivity contribution in [3.8, 4) is 0 Å². The number of hydrogen-bond donors (Lipinski definition) is 2. The first-order chi connectivity index (χ1) is 7.84. The van der Waals surface area contributed by atoms with Crippen molar-refractivity contribution in [3.05, 3.63) is 12.7 Å². The fourth-order valence-electron chi connectivity index (χ4n) is 1.71. The van der Waals surface area contributed by atoms with Crippen LogP contribution in [-0.4, -0.2) is 38.3 Å². The molecule has 0 unspecified atom stereocenters. The smallest absolute Gasteiger partial charge is 0.237 e. The van der Waals surface area contributed by atoms with Gasteiger partial charge in [0.1, 0.15) is 0 Å². The van der Waals surface area contributed by atoms with E-state index in [4.69, 9.17) is 4.74 Å². The van der Waals surface area contributed by atoms with Crippen LogP contribution in [0.15, 0.2) is 12.7 Å². The summed E-state index contributed by atoms with van der Waals surface area (Å²) in [6, 6.07) is 0.00178. The summed E-state index contributed by atoms with van der Waals surface area (Å²) in [5.74, 6) is 0.104. The van der Waals surface area contributed by atoms with Gasteiger partial charge in [0, 0.05) is 6.54 Å². The Hall–Kier alpha value is -0.870. The SMILES string of the molecule is C=CCCOCCNC(=O)[C@H]1CCCCN1. The highest BCUT2D eigenvalue weighted by Gasteiger charge is 2.19. The average molecular weight is 226 g/mol. The molecule has 0 aromatic carbocycles. The van der Waals surface area contributed by atoms with Gasteiger partial charge in [-0.15, -0.1) is 6.58 Å². The van der Waals surface area contributed by atoms with E-state index in [0.29, 0.717) is 19.8 Å². The van der Waals surface area contributed by atoms with Crippen LogP contribution in [0.2, 0.25) is 0 Å². The molecule has 4 nitrogen and oxygen atoms in total. The predicted octanol–water partition coefficient (Wildman–Crippen LogP) is 0.837. The molecule has 0 bridgehead atoms. The molecule has 1 heterocycles. The van der Waals surface area contributed by atoms with Gasteiger partial charge in [0.25, 0.3) is 0 Å². The van der Waals surface area contributed by atoms with E-state index in [9.17, 15) is 4.79 Å². The van der Waals surface area contributed by atoms with Crippen LogP contribution >= 0.6 is 0 Å². The number of amides is 1. The van der Waals surface area contributed by atoms with E-state index in [1.165, 1.54) is 6.42 Å². The van der Waals surface area contributed by atoms with Crippen molar-refractivity contribution in [1.29, 1.82) is 0 Å². The Labute approximate surface area is 97.4 Å². The van der Waals surface area contributed by atoms with Crippen molar-refractivity contribution in [2.45, 2.75) is 31.7 Å². The van der Waals surface area contributed by atoms with Crippen LogP contribution in [0.4, 0.5) is 0 Å². The summed E-state index contributed by atoms with van der Waals surface area (Å²) in [6.07, 6.45) is 5.95. The molecule has 0 saturated carbocycles. The lowest BCUT2D eigenvalue weighted by atomic mass is 10.0. The molecule has 0 aromatic rings. The van der Waals surface area contributed by atoms with Gasteiger partial charge in [-0.1, -0.05) is 12.5 Å². The molecule has 0 aromatic heterocycles. The Morgan fingerprint density at radius 1 is 1.50 bits per heavy atom. The van der Waals surface area contributed by atoms with E-state index in [0.717, 1.165) is 25.8 Å². The molecule has 1 amide bonds. The van der Waals surface area contributed by atoms with Crippen LogP contribution in [0, 0.1) is 0 Å². The quantitative estimate of drug-likeness (QED) is 0.499. The van der Waals surface area contributed by atoms with Crippen molar-refractivity contribution < 1.29 is 9.53 Å². The van der Waals surface area contributed by atoms with Gasteiger partial charge in [-0.3, -0.25) is 4.79 Å². The molecule has 1 atom stereocenters. The Kier molecular flexibility index (Phi) is 6.85. The van der Waals surface area contributed by atoms with Gasteiger partial charge in [-0.05, 0) is 25.8 Å². The minimum Gasteiger partial charge on any atom is -0.379 e. The largest absolute Gasteiger partial charge is 0.379 e. The van der Waals surface area contributed by atoms with Gasteiger partial charge in [-0.2, -0.15) is 0 Å². The van der Waals surface area contributed by atoms with E-state index < -0.39 is 0 Å². The summed E-state index contributed by atoms with van der Waals surface area (Å²) in [4.78, 5) is 11.6. The summed E-state index contributed by atoms with van der Waals surface area (Å²) in [7, 11) is 0. The zero-order chi connectivity index (χ0) is 11.6. The van der Waals surface area contributed by atoms with Gasteiger partial charge in [0.2, 0.25) is 5.91 Å². The topological polar surface area (TPSA) is 50.4 Å². The Bertz CT molecular complexity index is 213. The Balaban J connectivity index is 1.99. The highest BCUT2D eigenvalue weighted by molar-refractivity contribution is 5.81. The second-order valence-corrected chi connectivity index (χ2v) is 3.98. The van der Waals surface area contributed by atoms with Crippen LogP contribution < -0.4 is 10.6 Å². The molecule has 0 aliphatic carbocycles. The van der Waals surface area contributed by atoms with Crippen LogP contribution in [0.5, 0.6) is 0 Å². The maximum Gasteiger partial charge on any atom is 0.237 e. The maximum absolute atomic E-state index is 11.6. The predicted molar refractivity (Wildman–Crippen MR) is 64.3 cm³/mol. The molecule has 1 saturated heterocycles. The van der Waals surface area contributed by atoms with Gasteiger partial charge in [-0.25, -0.2) is 0 Å². The first kappa shape index (κ1) is 13.2. The van der Waals surface area contributed by atoms with E-state index in [-0.39, 0.29) is 11.9 Å². The second-order valence-electron chi connectivity index (χ2n) is 3.98. The van der Waals surface area contributed by atoms with Crippen LogP contribution in [0.25, 0.3) is 0 Å². The zero-order valence-corrected chi connectivity index (χ0v) is 9.84. The number of carbonyl (C=O) groups excluding carboxylic acids is 1. The molecule has 1 aliphatic rings. The molecule has 2 N–H and O–H groups in total. The third kappa shape index (κ3) is 5.28. The van der Waals surface area contributed by atoms with Gasteiger partial charge >= 0.3 is 0 Å². The minimum atomic E-state index is 0.00178. The van der Waals surface area contributed by atoms with E-state index in [2.05, 4.69) is 17.2 Å². The summed E-state index contributed by atoms with van der Waals surface area (Å²) >= 11 is 0. The average Bonchev–Trinajstić information content (AvgIpc) is 2.34. The molecule has 0 spiro atoms. The molecule has 4 heteroatoms. The van der Waals surface area contributed by atoms with Crippen molar-refractivity contribution in [1.82, 2.24) is 10.6 Å². The fraction of sp³-hybridized carbons (Fsp3) is 0.750. The molecule has 1 fully saturated rings. The Morgan fingerprint density at radius 2 is 2.38 bits per heavy atom. The third-order valence-corrected chi connectivity index (χ3v) is 2.64. The monoisotopic (exact) mass is 226 g/mol.